The van der Waals surface area contributed by atoms with Crippen LogP contribution in [0.2, 0.25) is 0 Å². The van der Waals surface area contributed by atoms with Gasteiger partial charge in [0.15, 0.2) is 0 Å². The van der Waals surface area contributed by atoms with Gasteiger partial charge >= 0.3 is 0 Å². The molecule has 5 aromatic carbocycles. The highest BCUT2D eigenvalue weighted by Gasteiger charge is 2.45. The molecule has 7 aliphatic rings. The van der Waals surface area contributed by atoms with E-state index in [1.54, 1.807) is 0 Å². The Bertz CT molecular complexity index is 2730. The number of hydrogen-bond donors (Lipinski definition) is 0. The van der Waals surface area contributed by atoms with Crippen LogP contribution in [0.25, 0.3) is 66.1 Å². The average Bonchev–Trinajstić information content (AvgIpc) is 3.72. The molecule has 0 heterocycles. The third kappa shape index (κ3) is 3.88. The highest BCUT2D eigenvalue weighted by Crippen LogP contribution is 2.63. The molecule has 3 unspecified atom stereocenters. The van der Waals surface area contributed by atoms with Crippen LogP contribution in [0.3, 0.4) is 0 Å². The third-order valence-corrected chi connectivity index (χ3v) is 13.0. The standard InChI is InChI=1S/C52H38/c1-4-14-31(15-5-1)34-26-27-36-35(28-34)29-44-49-39(36)22-12-25-42(49)51-46(32-16-6-2-7-17-32)45-30-43-38-21-11-10-20-37(38)40-23-13-24-41(48(40)43)50(45)47(52(44)51)33-18-8-3-9-19-33/h2-4,6-10,12-20,22-27,29-30,34,39,49H,1,5,11,21,28H2. The van der Waals surface area contributed by atoms with E-state index in [1.807, 2.05) is 0 Å². The molecule has 7 aliphatic carbocycles. The molecule has 0 nitrogen and oxygen atoms in total. The van der Waals surface area contributed by atoms with Crippen LogP contribution in [-0.4, -0.2) is 0 Å². The summed E-state index contributed by atoms with van der Waals surface area (Å²) in [6.45, 7) is 0. The van der Waals surface area contributed by atoms with Crippen molar-refractivity contribution in [3.05, 3.63) is 191 Å². The summed E-state index contributed by atoms with van der Waals surface area (Å²) in [7, 11) is 0. The van der Waals surface area contributed by atoms with Gasteiger partial charge in [0.25, 0.3) is 0 Å². The Hall–Kier alpha value is -5.72. The number of allylic oxidation sites excluding steroid dienone is 18. The summed E-state index contributed by atoms with van der Waals surface area (Å²) in [5.74, 6) is 1.08. The van der Waals surface area contributed by atoms with E-state index >= 15 is 0 Å². The fraction of sp³-hybridized carbons (Fsp3) is 0.154. The van der Waals surface area contributed by atoms with E-state index in [1.165, 1.54) is 105 Å². The Morgan fingerprint density at radius 2 is 1.40 bits per heavy atom. The van der Waals surface area contributed by atoms with Gasteiger partial charge < -0.3 is 0 Å². The zero-order valence-corrected chi connectivity index (χ0v) is 29.2. The van der Waals surface area contributed by atoms with Crippen LogP contribution in [0.1, 0.15) is 54.4 Å². The second-order valence-corrected chi connectivity index (χ2v) is 15.6. The molecule has 52 heavy (non-hydrogen) atoms. The molecule has 0 saturated heterocycles. The van der Waals surface area contributed by atoms with Crippen molar-refractivity contribution in [2.75, 3.05) is 0 Å². The first-order valence-electron chi connectivity index (χ1n) is 19.3. The third-order valence-electron chi connectivity index (χ3n) is 13.0. The van der Waals surface area contributed by atoms with Gasteiger partial charge in [0.2, 0.25) is 0 Å². The van der Waals surface area contributed by atoms with E-state index in [4.69, 9.17) is 0 Å². The summed E-state index contributed by atoms with van der Waals surface area (Å²) in [6, 6.07) is 32.3. The number of hydrogen-bond acceptors (Lipinski definition) is 0. The maximum atomic E-state index is 2.65. The van der Waals surface area contributed by atoms with Crippen LogP contribution in [0.5, 0.6) is 0 Å². The van der Waals surface area contributed by atoms with Crippen LogP contribution < -0.4 is 0 Å². The van der Waals surface area contributed by atoms with Gasteiger partial charge in [-0.2, -0.15) is 0 Å². The maximum absolute atomic E-state index is 2.65. The molecule has 0 saturated carbocycles. The molecule has 246 valence electrons. The molecule has 0 heteroatoms. The molecule has 5 aromatic rings. The van der Waals surface area contributed by atoms with E-state index in [0.717, 1.165) is 32.1 Å². The average molecular weight is 663 g/mol. The van der Waals surface area contributed by atoms with Crippen LogP contribution in [-0.2, 0) is 0 Å². The smallest absolute Gasteiger partial charge is 0.0206 e. The van der Waals surface area contributed by atoms with Crippen molar-refractivity contribution in [1.29, 1.82) is 0 Å². The van der Waals surface area contributed by atoms with Gasteiger partial charge in [-0.15, -0.1) is 0 Å². The molecule has 0 N–H and O–H groups in total. The van der Waals surface area contributed by atoms with E-state index < -0.39 is 0 Å². The molecule has 0 fully saturated rings. The minimum atomic E-state index is 0.308. The van der Waals surface area contributed by atoms with Gasteiger partial charge in [0.1, 0.15) is 0 Å². The second-order valence-electron chi connectivity index (χ2n) is 15.6. The monoisotopic (exact) mass is 662 g/mol. The van der Waals surface area contributed by atoms with Crippen molar-refractivity contribution in [2.24, 2.45) is 17.8 Å². The summed E-state index contributed by atoms with van der Waals surface area (Å²) in [4.78, 5) is 0. The first kappa shape index (κ1) is 28.9. The van der Waals surface area contributed by atoms with Crippen LogP contribution in [0.15, 0.2) is 168 Å². The van der Waals surface area contributed by atoms with E-state index in [-0.39, 0.29) is 0 Å². The highest BCUT2D eigenvalue weighted by atomic mass is 14.5. The Balaban J connectivity index is 1.23. The summed E-state index contributed by atoms with van der Waals surface area (Å²) in [6.07, 6.45) is 32.5. The molecule has 0 aromatic heterocycles. The Kier molecular flexibility index (Phi) is 6.06. The van der Waals surface area contributed by atoms with Crippen LogP contribution >= 0.6 is 0 Å². The Morgan fingerprint density at radius 3 is 2.23 bits per heavy atom. The number of rotatable bonds is 3. The van der Waals surface area contributed by atoms with E-state index in [9.17, 15) is 0 Å². The van der Waals surface area contributed by atoms with Crippen molar-refractivity contribution in [3.63, 3.8) is 0 Å². The zero-order chi connectivity index (χ0) is 33.9. The molecule has 0 amide bonds. The van der Waals surface area contributed by atoms with Crippen molar-refractivity contribution in [1.82, 2.24) is 0 Å². The minimum Gasteiger partial charge on any atom is -0.0839 e. The Morgan fingerprint density at radius 1 is 0.596 bits per heavy atom. The molecule has 12 rings (SSSR count). The largest absolute Gasteiger partial charge is 0.0839 e. The molecule has 3 atom stereocenters. The summed E-state index contributed by atoms with van der Waals surface area (Å²) >= 11 is 0. The minimum absolute atomic E-state index is 0.308. The number of benzene rings is 5. The number of fused-ring (bicyclic) bond motifs is 8. The van der Waals surface area contributed by atoms with Gasteiger partial charge in [0, 0.05) is 17.8 Å². The SMILES string of the molecule is C1=CC2C3=C(C=C4c5c(c(-c6ccccc6)c6cc7c8c(cccc8c6c5-c5ccccc5)C5=C7CCC=C5)C(=C1)C42)CC(C1=CCCC=C1)C=C3. The molecule has 0 spiro atoms. The maximum Gasteiger partial charge on any atom is 0.0206 e. The highest BCUT2D eigenvalue weighted by molar-refractivity contribution is 6.30. The van der Waals surface area contributed by atoms with Crippen LogP contribution in [0, 0.1) is 17.8 Å². The Labute approximate surface area is 305 Å². The lowest BCUT2D eigenvalue weighted by Crippen LogP contribution is -2.23. The first-order valence-corrected chi connectivity index (χ1v) is 19.3. The summed E-state index contributed by atoms with van der Waals surface area (Å²) in [5.41, 5.74) is 21.6. The van der Waals surface area contributed by atoms with Crippen molar-refractivity contribution in [2.45, 2.75) is 32.1 Å². The quantitative estimate of drug-likeness (QED) is 0.169. The molecular formula is C52H38. The normalized spacial score (nSPS) is 23.1. The van der Waals surface area contributed by atoms with Crippen molar-refractivity contribution < 1.29 is 0 Å². The fourth-order valence-corrected chi connectivity index (χ4v) is 10.9. The van der Waals surface area contributed by atoms with Crippen molar-refractivity contribution in [3.8, 4) is 22.3 Å². The van der Waals surface area contributed by atoms with E-state index in [0.29, 0.717) is 17.8 Å². The predicted molar refractivity (Wildman–Crippen MR) is 220 cm³/mol. The van der Waals surface area contributed by atoms with Gasteiger partial charge in [-0.25, -0.2) is 0 Å². The second kappa shape index (κ2) is 10.9. The molecule has 0 radical (unpaired) electrons. The van der Waals surface area contributed by atoms with E-state index in [2.05, 4.69) is 152 Å². The van der Waals surface area contributed by atoms with Gasteiger partial charge in [-0.3, -0.25) is 0 Å². The van der Waals surface area contributed by atoms with Gasteiger partial charge in [-0.1, -0.05) is 146 Å². The fourth-order valence-electron chi connectivity index (χ4n) is 10.9. The lowest BCUT2D eigenvalue weighted by atomic mass is 9.68. The lowest BCUT2D eigenvalue weighted by molar-refractivity contribution is 0.639. The summed E-state index contributed by atoms with van der Waals surface area (Å²) in [5, 5.41) is 5.61. The lowest BCUT2D eigenvalue weighted by Gasteiger charge is -2.36. The molecular weight excluding hydrogens is 625 g/mol. The summed E-state index contributed by atoms with van der Waals surface area (Å²) < 4.78 is 0. The van der Waals surface area contributed by atoms with Crippen molar-refractivity contribution >= 4 is 43.8 Å². The molecule has 0 bridgehead atoms. The zero-order valence-electron chi connectivity index (χ0n) is 29.2. The topological polar surface area (TPSA) is 0 Å². The van der Waals surface area contributed by atoms with Gasteiger partial charge in [0.05, 0.1) is 0 Å². The van der Waals surface area contributed by atoms with Gasteiger partial charge in [-0.05, 0) is 143 Å². The first-order chi connectivity index (χ1) is 25.8. The molecule has 0 aliphatic heterocycles. The predicted octanol–water partition coefficient (Wildman–Crippen LogP) is 13.6. The van der Waals surface area contributed by atoms with Crippen LogP contribution in [0.4, 0.5) is 0 Å².